The number of nitrogens with zero attached hydrogens (tertiary/aromatic N) is 1. The summed E-state index contributed by atoms with van der Waals surface area (Å²) in [6.45, 7) is -0.0760. The van der Waals surface area contributed by atoms with Gasteiger partial charge in [0, 0.05) is 18.5 Å². The molecule has 1 heterocycles. The van der Waals surface area contributed by atoms with Gasteiger partial charge < -0.3 is 29.9 Å². The van der Waals surface area contributed by atoms with Crippen LogP contribution in [0.5, 0.6) is 5.75 Å². The van der Waals surface area contributed by atoms with Crippen molar-refractivity contribution in [3.63, 3.8) is 0 Å². The predicted octanol–water partition coefficient (Wildman–Crippen LogP) is 3.98. The van der Waals surface area contributed by atoms with E-state index in [1.165, 1.54) is 24.4 Å². The number of benzene rings is 3. The monoisotopic (exact) mass is 472 g/mol. The number of aliphatic hydroxyl groups excluding tert-OH is 2. The highest BCUT2D eigenvalue weighted by molar-refractivity contribution is 5.79. The molecule has 0 saturated heterocycles. The van der Waals surface area contributed by atoms with Crippen LogP contribution in [-0.4, -0.2) is 45.8 Å². The van der Waals surface area contributed by atoms with Gasteiger partial charge in [0.25, 0.3) is 0 Å². The second-order valence-electron chi connectivity index (χ2n) is 8.37. The third kappa shape index (κ3) is 4.49. The molecule has 1 aliphatic carbocycles. The third-order valence-electron chi connectivity index (χ3n) is 6.23. The van der Waals surface area contributed by atoms with Crippen molar-refractivity contribution in [1.82, 2.24) is 10.5 Å². The molecule has 0 aliphatic heterocycles. The number of hydrogen-bond donors (Lipinski definition) is 4. The van der Waals surface area contributed by atoms with Crippen LogP contribution < -0.4 is 5.32 Å². The molecular formula is C27H24N2O6. The first-order valence-electron chi connectivity index (χ1n) is 11.2. The number of fused-ring (bicyclic) bond motifs is 3. The highest BCUT2D eigenvalue weighted by atomic mass is 16.5. The molecule has 178 valence electrons. The van der Waals surface area contributed by atoms with Crippen LogP contribution in [0.2, 0.25) is 0 Å². The highest BCUT2D eigenvalue weighted by Crippen LogP contribution is 2.44. The Bertz CT molecular complexity index is 1290. The zero-order chi connectivity index (χ0) is 24.4. The first-order valence-corrected chi connectivity index (χ1v) is 11.2. The lowest BCUT2D eigenvalue weighted by Crippen LogP contribution is -2.36. The lowest BCUT2D eigenvalue weighted by molar-refractivity contribution is 0.0185. The van der Waals surface area contributed by atoms with Gasteiger partial charge in [-0.25, -0.2) is 4.79 Å². The zero-order valence-electron chi connectivity index (χ0n) is 18.7. The minimum Gasteiger partial charge on any atom is -0.507 e. The van der Waals surface area contributed by atoms with Crippen LogP contribution in [0.1, 0.15) is 28.7 Å². The van der Waals surface area contributed by atoms with Crippen molar-refractivity contribution < 1.29 is 29.4 Å². The minimum absolute atomic E-state index is 0.0519. The molecule has 0 saturated carbocycles. The van der Waals surface area contributed by atoms with Crippen molar-refractivity contribution in [3.8, 4) is 28.2 Å². The molecule has 4 aromatic rings. The normalized spacial score (nSPS) is 14.1. The van der Waals surface area contributed by atoms with Crippen LogP contribution in [0.15, 0.2) is 83.5 Å². The van der Waals surface area contributed by atoms with Crippen LogP contribution in [0.25, 0.3) is 22.5 Å². The van der Waals surface area contributed by atoms with E-state index in [0.717, 1.165) is 22.3 Å². The number of amides is 1. The number of carbonyl (C=O) groups is 1. The Balaban J connectivity index is 1.19. The SMILES string of the molecule is O=C(NCC(O)C(O)c1ccc(O)c(-c2ccno2)c1)OCC1c2ccccc2-c2ccccc21. The van der Waals surface area contributed by atoms with Crippen molar-refractivity contribution >= 4 is 6.09 Å². The molecule has 2 atom stereocenters. The quantitative estimate of drug-likeness (QED) is 0.321. The van der Waals surface area contributed by atoms with Gasteiger partial charge in [-0.15, -0.1) is 0 Å². The summed E-state index contributed by atoms with van der Waals surface area (Å²) in [5.41, 5.74) is 5.15. The Morgan fingerprint density at radius 1 is 0.971 bits per heavy atom. The van der Waals surface area contributed by atoms with E-state index in [2.05, 4.69) is 22.6 Å². The zero-order valence-corrected chi connectivity index (χ0v) is 18.7. The lowest BCUT2D eigenvalue weighted by Gasteiger charge is -2.20. The molecule has 2 unspecified atom stereocenters. The van der Waals surface area contributed by atoms with Crippen LogP contribution in [0.4, 0.5) is 4.79 Å². The largest absolute Gasteiger partial charge is 0.507 e. The molecule has 0 bridgehead atoms. The summed E-state index contributed by atoms with van der Waals surface area (Å²) in [5.74, 6) is 0.196. The highest BCUT2D eigenvalue weighted by Gasteiger charge is 2.29. The van der Waals surface area contributed by atoms with E-state index in [4.69, 9.17) is 9.26 Å². The smallest absolute Gasteiger partial charge is 0.407 e. The number of aromatic hydroxyl groups is 1. The summed E-state index contributed by atoms with van der Waals surface area (Å²) in [6, 6.07) is 22.0. The molecule has 1 aromatic heterocycles. The second kappa shape index (κ2) is 9.61. The van der Waals surface area contributed by atoms with Crippen molar-refractivity contribution in [3.05, 3.63) is 95.7 Å². The van der Waals surface area contributed by atoms with E-state index in [0.29, 0.717) is 16.9 Å². The Morgan fingerprint density at radius 2 is 1.66 bits per heavy atom. The van der Waals surface area contributed by atoms with Gasteiger partial charge in [0.05, 0.1) is 11.8 Å². The topological polar surface area (TPSA) is 125 Å². The number of nitrogens with one attached hydrogen (secondary N) is 1. The molecule has 1 aliphatic rings. The lowest BCUT2D eigenvalue weighted by atomic mass is 9.98. The minimum atomic E-state index is -1.31. The van der Waals surface area contributed by atoms with E-state index in [1.54, 1.807) is 6.07 Å². The third-order valence-corrected chi connectivity index (χ3v) is 6.23. The van der Waals surface area contributed by atoms with Crippen LogP contribution in [0.3, 0.4) is 0 Å². The number of hydrogen-bond acceptors (Lipinski definition) is 7. The number of phenols is 1. The van der Waals surface area contributed by atoms with Crippen molar-refractivity contribution in [2.45, 2.75) is 18.1 Å². The second-order valence-corrected chi connectivity index (χ2v) is 8.37. The van der Waals surface area contributed by atoms with E-state index < -0.39 is 18.3 Å². The molecule has 0 radical (unpaired) electrons. The van der Waals surface area contributed by atoms with Gasteiger partial charge in [0.2, 0.25) is 0 Å². The summed E-state index contributed by atoms with van der Waals surface area (Å²) >= 11 is 0. The van der Waals surface area contributed by atoms with Gasteiger partial charge in [-0.1, -0.05) is 59.8 Å². The summed E-state index contributed by atoms with van der Waals surface area (Å²) < 4.78 is 10.5. The maximum Gasteiger partial charge on any atom is 0.407 e. The number of ether oxygens (including phenoxy) is 1. The average molecular weight is 472 g/mol. The van der Waals surface area contributed by atoms with E-state index in [1.807, 2.05) is 36.4 Å². The number of carbonyl (C=O) groups excluding carboxylic acids is 1. The Labute approximate surface area is 201 Å². The van der Waals surface area contributed by atoms with Gasteiger partial charge in [-0.2, -0.15) is 0 Å². The van der Waals surface area contributed by atoms with Crippen LogP contribution in [0, 0.1) is 0 Å². The number of aromatic nitrogens is 1. The number of alkyl carbamates (subject to hydrolysis) is 1. The van der Waals surface area contributed by atoms with Gasteiger partial charge in [-0.3, -0.25) is 0 Å². The number of rotatable bonds is 7. The standard InChI is InChI=1S/C27H24N2O6/c30-23-10-9-16(13-21(23)25-11-12-29-35-25)26(32)24(31)14-28-27(33)34-15-22-19-7-3-1-5-17(19)18-6-2-4-8-20(18)22/h1-13,22,24,26,30-32H,14-15H2,(H,28,33). The fraction of sp³-hybridized carbons (Fsp3) is 0.185. The maximum atomic E-state index is 12.4. The first kappa shape index (κ1) is 22.6. The van der Waals surface area contributed by atoms with E-state index in [-0.39, 0.29) is 24.8 Å². The Kier molecular flexibility index (Phi) is 6.22. The Hall–Kier alpha value is -4.14. The summed E-state index contributed by atoms with van der Waals surface area (Å²) in [7, 11) is 0. The average Bonchev–Trinajstić information content (AvgIpc) is 3.53. The maximum absolute atomic E-state index is 12.4. The molecule has 8 nitrogen and oxygen atoms in total. The molecule has 8 heteroatoms. The van der Waals surface area contributed by atoms with E-state index in [9.17, 15) is 20.1 Å². The molecule has 3 aromatic carbocycles. The first-order chi connectivity index (χ1) is 17.0. The van der Waals surface area contributed by atoms with Crippen LogP contribution >= 0.6 is 0 Å². The van der Waals surface area contributed by atoms with Crippen LogP contribution in [-0.2, 0) is 4.74 Å². The molecule has 5 rings (SSSR count). The van der Waals surface area contributed by atoms with Gasteiger partial charge in [0.1, 0.15) is 24.6 Å². The molecule has 35 heavy (non-hydrogen) atoms. The van der Waals surface area contributed by atoms with Crippen molar-refractivity contribution in [1.29, 1.82) is 0 Å². The fourth-order valence-corrected chi connectivity index (χ4v) is 4.46. The number of phenolic OH excluding ortho intramolecular Hbond substituents is 1. The van der Waals surface area contributed by atoms with E-state index >= 15 is 0 Å². The molecule has 0 fully saturated rings. The molecular weight excluding hydrogens is 448 g/mol. The van der Waals surface area contributed by atoms with Gasteiger partial charge in [-0.05, 0) is 39.9 Å². The van der Waals surface area contributed by atoms with Gasteiger partial charge >= 0.3 is 6.09 Å². The fourth-order valence-electron chi connectivity index (χ4n) is 4.46. The predicted molar refractivity (Wildman–Crippen MR) is 128 cm³/mol. The number of aliphatic hydroxyl groups is 2. The summed E-state index contributed by atoms with van der Waals surface area (Å²) in [6.07, 6.45) is -1.87. The molecule has 1 amide bonds. The van der Waals surface area contributed by atoms with Crippen molar-refractivity contribution in [2.75, 3.05) is 13.2 Å². The van der Waals surface area contributed by atoms with Gasteiger partial charge in [0.15, 0.2) is 5.76 Å². The molecule has 4 N–H and O–H groups in total. The summed E-state index contributed by atoms with van der Waals surface area (Å²) in [4.78, 5) is 12.4. The van der Waals surface area contributed by atoms with Crippen molar-refractivity contribution in [2.24, 2.45) is 0 Å². The molecule has 0 spiro atoms. The summed E-state index contributed by atoms with van der Waals surface area (Å²) in [5, 5.41) is 37.2. The Morgan fingerprint density at radius 3 is 2.31 bits per heavy atom.